The van der Waals surface area contributed by atoms with Crippen LogP contribution in [0.15, 0.2) is 48.5 Å². The van der Waals surface area contributed by atoms with Crippen molar-refractivity contribution >= 4 is 22.6 Å². The molecule has 0 saturated heterocycles. The third-order valence-electron chi connectivity index (χ3n) is 4.01. The number of primary amides is 1. The Morgan fingerprint density at radius 3 is 2.08 bits per heavy atom. The van der Waals surface area contributed by atoms with Crippen molar-refractivity contribution in [3.05, 3.63) is 59.7 Å². The van der Waals surface area contributed by atoms with Crippen molar-refractivity contribution in [1.82, 2.24) is 5.32 Å². The van der Waals surface area contributed by atoms with E-state index in [1.165, 1.54) is 0 Å². The van der Waals surface area contributed by atoms with Crippen LogP contribution in [-0.4, -0.2) is 28.3 Å². The van der Waals surface area contributed by atoms with Crippen molar-refractivity contribution in [2.45, 2.75) is 11.7 Å². The molecule has 0 heterocycles. The van der Waals surface area contributed by atoms with E-state index in [1.807, 2.05) is 48.5 Å². The summed E-state index contributed by atoms with van der Waals surface area (Å²) in [5, 5.41) is 2.28. The van der Waals surface area contributed by atoms with Crippen molar-refractivity contribution in [2.75, 3.05) is 12.3 Å². The Hall–Kier alpha value is -2.47. The predicted molar refractivity (Wildman–Crippen MR) is 93.6 cm³/mol. The molecule has 0 bridgehead atoms. The normalized spacial score (nSPS) is 13.8. The lowest BCUT2D eigenvalue weighted by atomic mass is 10.1. The van der Waals surface area contributed by atoms with Gasteiger partial charge in [0.15, 0.2) is 0 Å². The predicted octanol–water partition coefficient (Wildman–Crippen LogP) is 1.50. The van der Waals surface area contributed by atoms with Crippen LogP contribution in [0.3, 0.4) is 0 Å². The van der Waals surface area contributed by atoms with Crippen molar-refractivity contribution in [1.29, 1.82) is 0 Å². The number of benzene rings is 2. The van der Waals surface area contributed by atoms with Gasteiger partial charge in [-0.3, -0.25) is 13.8 Å². The number of fused-ring (bicyclic) bond motifs is 3. The van der Waals surface area contributed by atoms with Gasteiger partial charge < -0.3 is 11.1 Å². The van der Waals surface area contributed by atoms with Gasteiger partial charge in [-0.05, 0) is 22.3 Å². The molecule has 1 atom stereocenters. The quantitative estimate of drug-likeness (QED) is 0.833. The van der Waals surface area contributed by atoms with Crippen LogP contribution in [-0.2, 0) is 20.4 Å². The molecule has 1 unspecified atom stereocenters. The topological polar surface area (TPSA) is 89.3 Å². The average molecular weight is 342 g/mol. The Labute approximate surface area is 142 Å². The summed E-state index contributed by atoms with van der Waals surface area (Å²) in [4.78, 5) is 22.7. The molecule has 124 valence electrons. The fourth-order valence-electron chi connectivity index (χ4n) is 2.98. The van der Waals surface area contributed by atoms with Crippen LogP contribution < -0.4 is 11.1 Å². The van der Waals surface area contributed by atoms with Gasteiger partial charge in [0.1, 0.15) is 5.75 Å². The highest BCUT2D eigenvalue weighted by molar-refractivity contribution is 7.86. The highest BCUT2D eigenvalue weighted by Gasteiger charge is 2.33. The van der Waals surface area contributed by atoms with E-state index in [1.54, 1.807) is 0 Å². The Morgan fingerprint density at radius 2 is 1.54 bits per heavy atom. The van der Waals surface area contributed by atoms with Crippen LogP contribution >= 0.6 is 0 Å². The first-order chi connectivity index (χ1) is 11.6. The van der Waals surface area contributed by atoms with Gasteiger partial charge >= 0.3 is 0 Å². The number of carbonyl (C=O) groups is 2. The van der Waals surface area contributed by atoms with Crippen molar-refractivity contribution in [3.8, 4) is 11.1 Å². The molecule has 0 spiro atoms. The molecule has 2 amide bonds. The molecule has 0 radical (unpaired) electrons. The zero-order valence-electron chi connectivity index (χ0n) is 13.0. The first-order valence-electron chi connectivity index (χ1n) is 7.68. The lowest BCUT2D eigenvalue weighted by Crippen LogP contribution is -2.32. The smallest absolute Gasteiger partial charge is 0.232 e. The molecular weight excluding hydrogens is 324 g/mol. The average Bonchev–Trinajstić information content (AvgIpc) is 2.89. The summed E-state index contributed by atoms with van der Waals surface area (Å²) in [5.41, 5.74) is 9.15. The zero-order valence-corrected chi connectivity index (χ0v) is 13.8. The van der Waals surface area contributed by atoms with Crippen molar-refractivity contribution in [2.24, 2.45) is 5.73 Å². The molecule has 1 aliphatic carbocycles. The minimum Gasteiger partial charge on any atom is -0.370 e. The van der Waals surface area contributed by atoms with E-state index >= 15 is 0 Å². The van der Waals surface area contributed by atoms with Crippen LogP contribution in [0.4, 0.5) is 0 Å². The summed E-state index contributed by atoms with van der Waals surface area (Å²) in [6, 6.07) is 15.7. The second kappa shape index (κ2) is 6.97. The van der Waals surface area contributed by atoms with Crippen LogP contribution in [0.5, 0.6) is 0 Å². The number of hydrogen-bond donors (Lipinski definition) is 2. The van der Waals surface area contributed by atoms with E-state index in [0.717, 1.165) is 22.3 Å². The summed E-state index contributed by atoms with van der Waals surface area (Å²) >= 11 is 0. The van der Waals surface area contributed by atoms with Gasteiger partial charge in [0.05, 0.1) is 5.25 Å². The maximum absolute atomic E-state index is 12.8. The Bertz CT molecular complexity index is 774. The molecule has 6 heteroatoms. The number of hydrogen-bond acceptors (Lipinski definition) is 3. The fourth-order valence-corrected chi connectivity index (χ4v) is 4.49. The maximum Gasteiger partial charge on any atom is 0.232 e. The first kappa shape index (κ1) is 16.4. The van der Waals surface area contributed by atoms with E-state index in [4.69, 9.17) is 5.73 Å². The molecule has 1 aliphatic rings. The SMILES string of the molecule is NC(=O)CCNC(=O)CS(=O)C1c2ccccc2-c2ccccc21. The largest absolute Gasteiger partial charge is 0.370 e. The Kier molecular flexibility index (Phi) is 4.76. The number of amides is 2. The van der Waals surface area contributed by atoms with E-state index in [9.17, 15) is 13.8 Å². The van der Waals surface area contributed by atoms with Gasteiger partial charge in [-0.2, -0.15) is 0 Å². The van der Waals surface area contributed by atoms with Crippen LogP contribution in [0.1, 0.15) is 22.8 Å². The maximum atomic E-state index is 12.8. The first-order valence-corrected chi connectivity index (χ1v) is 9.06. The molecule has 3 N–H and O–H groups in total. The number of carbonyl (C=O) groups excluding carboxylic acids is 2. The lowest BCUT2D eigenvalue weighted by Gasteiger charge is -2.13. The second-order valence-corrected chi connectivity index (χ2v) is 7.17. The summed E-state index contributed by atoms with van der Waals surface area (Å²) < 4.78 is 12.8. The molecule has 3 rings (SSSR count). The van der Waals surface area contributed by atoms with Crippen molar-refractivity contribution in [3.63, 3.8) is 0 Å². The summed E-state index contributed by atoms with van der Waals surface area (Å²) in [6.07, 6.45) is 0.0769. The molecule has 2 aromatic rings. The molecular formula is C18H18N2O3S. The zero-order chi connectivity index (χ0) is 17.1. The fraction of sp³-hybridized carbons (Fsp3) is 0.222. The van der Waals surface area contributed by atoms with Gasteiger partial charge in [0.25, 0.3) is 0 Å². The molecule has 0 aromatic heterocycles. The van der Waals surface area contributed by atoms with Gasteiger partial charge in [0, 0.05) is 23.8 Å². The molecule has 0 aliphatic heterocycles. The standard InChI is InChI=1S/C18H18N2O3S/c19-16(21)9-10-20-17(22)11-24(23)18-14-7-3-1-5-12(14)13-6-2-4-8-15(13)18/h1-8,18H,9-11H2,(H2,19,21)(H,20,22). The van der Waals surface area contributed by atoms with E-state index < -0.39 is 16.7 Å². The van der Waals surface area contributed by atoms with Crippen LogP contribution in [0.2, 0.25) is 0 Å². The van der Waals surface area contributed by atoms with Crippen LogP contribution in [0, 0.1) is 0 Å². The third-order valence-corrected chi connectivity index (χ3v) is 5.59. The highest BCUT2D eigenvalue weighted by Crippen LogP contribution is 2.46. The summed E-state index contributed by atoms with van der Waals surface area (Å²) in [7, 11) is -1.39. The molecule has 24 heavy (non-hydrogen) atoms. The second-order valence-electron chi connectivity index (χ2n) is 5.65. The highest BCUT2D eigenvalue weighted by atomic mass is 32.2. The number of nitrogens with two attached hydrogens (primary N) is 1. The Balaban J connectivity index is 1.78. The number of nitrogens with one attached hydrogen (secondary N) is 1. The minimum atomic E-state index is -1.39. The van der Waals surface area contributed by atoms with E-state index in [2.05, 4.69) is 5.32 Å². The van der Waals surface area contributed by atoms with Crippen LogP contribution in [0.25, 0.3) is 11.1 Å². The van der Waals surface area contributed by atoms with Gasteiger partial charge in [-0.1, -0.05) is 48.5 Å². The van der Waals surface area contributed by atoms with Crippen molar-refractivity contribution < 1.29 is 13.8 Å². The summed E-state index contributed by atoms with van der Waals surface area (Å²) in [5.74, 6) is -0.918. The van der Waals surface area contributed by atoms with Gasteiger partial charge in [-0.25, -0.2) is 0 Å². The van der Waals surface area contributed by atoms with Gasteiger partial charge in [0.2, 0.25) is 11.8 Å². The monoisotopic (exact) mass is 342 g/mol. The Morgan fingerprint density at radius 1 is 1.00 bits per heavy atom. The molecule has 5 nitrogen and oxygen atoms in total. The van der Waals surface area contributed by atoms with Gasteiger partial charge in [-0.15, -0.1) is 0 Å². The third kappa shape index (κ3) is 3.23. The van der Waals surface area contributed by atoms with E-state index in [0.29, 0.717) is 0 Å². The van der Waals surface area contributed by atoms with E-state index in [-0.39, 0.29) is 29.9 Å². The molecule has 2 aromatic carbocycles. The summed E-state index contributed by atoms with van der Waals surface area (Å²) in [6.45, 7) is 0.170. The molecule has 0 saturated carbocycles. The molecule has 0 fully saturated rings. The minimum absolute atomic E-state index is 0.0769. The lowest BCUT2D eigenvalue weighted by molar-refractivity contribution is -0.119. The number of rotatable bonds is 6.